The molecule has 0 spiro atoms. The smallest absolute Gasteiger partial charge is 0.142 e. The molecule has 258 valence electrons. The van der Waals surface area contributed by atoms with E-state index in [0.717, 1.165) is 82.3 Å². The van der Waals surface area contributed by atoms with Gasteiger partial charge in [0.1, 0.15) is 34.4 Å². The van der Waals surface area contributed by atoms with Crippen molar-refractivity contribution >= 4 is 39.0 Å². The molecule has 0 amide bonds. The van der Waals surface area contributed by atoms with Gasteiger partial charge in [-0.05, 0) is 68.0 Å². The van der Waals surface area contributed by atoms with E-state index in [9.17, 15) is 0 Å². The zero-order valence-corrected chi connectivity index (χ0v) is 29.2. The molecule has 0 bridgehead atoms. The van der Waals surface area contributed by atoms with Crippen molar-refractivity contribution in [2.45, 2.75) is 62.6 Å². The molecule has 6 heteroatoms. The van der Waals surface area contributed by atoms with E-state index in [1.165, 1.54) is 27.6 Å². The molecule has 4 aliphatic rings. The largest absolute Gasteiger partial charge is 0.489 e. The molecule has 2 aliphatic heterocycles. The molecule has 2 N–H and O–H groups in total. The van der Waals surface area contributed by atoms with Crippen LogP contribution in [0.25, 0.3) is 50.1 Å². The van der Waals surface area contributed by atoms with Crippen LogP contribution in [0.3, 0.4) is 0 Å². The molecule has 6 nitrogen and oxygen atoms in total. The lowest BCUT2D eigenvalue weighted by molar-refractivity contribution is -0.0164. The van der Waals surface area contributed by atoms with Gasteiger partial charge in [0.2, 0.25) is 0 Å². The number of rotatable bonds is 4. The number of allylic oxidation sites excluding steroid dienone is 1. The van der Waals surface area contributed by atoms with Gasteiger partial charge in [0, 0.05) is 50.8 Å². The van der Waals surface area contributed by atoms with Crippen molar-refractivity contribution in [3.05, 3.63) is 143 Å². The summed E-state index contributed by atoms with van der Waals surface area (Å²) in [5.74, 6) is 2.94. The maximum absolute atomic E-state index is 7.08. The van der Waals surface area contributed by atoms with Crippen LogP contribution in [-0.2, 0) is 6.42 Å². The molecule has 52 heavy (non-hydrogen) atoms. The maximum atomic E-state index is 7.08. The Balaban J connectivity index is 0.917. The summed E-state index contributed by atoms with van der Waals surface area (Å²) in [6.07, 6.45) is 9.98. The second-order valence-electron chi connectivity index (χ2n) is 15.2. The summed E-state index contributed by atoms with van der Waals surface area (Å²) < 4.78 is 19.8. The number of furan rings is 2. The SMILES string of the molecule is CN1C(c2ccccc2)NC(c2ccc3oc4ccccc4c3c2)NC1C1CCC2c3cccc(-c4cccc5c6c(oc45)CCC=C6)c3O[C@@H]2C1. The molecule has 0 radical (unpaired) electrons. The van der Waals surface area contributed by atoms with E-state index in [4.69, 9.17) is 13.6 Å². The summed E-state index contributed by atoms with van der Waals surface area (Å²) in [5, 5.41) is 11.6. The van der Waals surface area contributed by atoms with Crippen molar-refractivity contribution in [3.63, 3.8) is 0 Å². The molecule has 5 aromatic carbocycles. The van der Waals surface area contributed by atoms with Crippen LogP contribution in [0.15, 0.2) is 124 Å². The van der Waals surface area contributed by atoms with E-state index < -0.39 is 0 Å². The van der Waals surface area contributed by atoms with Gasteiger partial charge in [-0.15, -0.1) is 0 Å². The fourth-order valence-electron chi connectivity index (χ4n) is 9.78. The summed E-state index contributed by atoms with van der Waals surface area (Å²) in [6, 6.07) is 39.1. The zero-order valence-electron chi connectivity index (χ0n) is 29.2. The molecule has 11 rings (SSSR count). The average Bonchev–Trinajstić information content (AvgIpc) is 3.89. The van der Waals surface area contributed by atoms with Crippen molar-refractivity contribution in [1.29, 1.82) is 0 Å². The topological polar surface area (TPSA) is 62.8 Å². The minimum Gasteiger partial charge on any atom is -0.489 e. The number of aryl methyl sites for hydroxylation is 1. The van der Waals surface area contributed by atoms with Crippen molar-refractivity contribution in [2.75, 3.05) is 7.05 Å². The fourth-order valence-corrected chi connectivity index (χ4v) is 9.78. The van der Waals surface area contributed by atoms with Gasteiger partial charge in [-0.1, -0.05) is 103 Å². The molecule has 1 saturated carbocycles. The number of nitrogens with one attached hydrogen (secondary N) is 2. The van der Waals surface area contributed by atoms with E-state index in [1.54, 1.807) is 0 Å². The van der Waals surface area contributed by atoms with Gasteiger partial charge in [0.15, 0.2) is 0 Å². The Hall–Kier alpha value is -5.14. The summed E-state index contributed by atoms with van der Waals surface area (Å²) in [7, 11) is 2.26. The van der Waals surface area contributed by atoms with Crippen LogP contribution in [0, 0.1) is 5.92 Å². The number of hydrogen-bond acceptors (Lipinski definition) is 6. The summed E-state index contributed by atoms with van der Waals surface area (Å²) >= 11 is 0. The molecule has 2 aromatic heterocycles. The monoisotopic (exact) mass is 683 g/mol. The van der Waals surface area contributed by atoms with Crippen molar-refractivity contribution in [2.24, 2.45) is 5.92 Å². The van der Waals surface area contributed by atoms with Crippen LogP contribution in [0.1, 0.15) is 71.9 Å². The average molecular weight is 684 g/mol. The lowest BCUT2D eigenvalue weighted by Crippen LogP contribution is -2.62. The number of hydrogen-bond donors (Lipinski definition) is 2. The van der Waals surface area contributed by atoms with Crippen molar-refractivity contribution in [1.82, 2.24) is 15.5 Å². The van der Waals surface area contributed by atoms with Gasteiger partial charge < -0.3 is 13.6 Å². The highest BCUT2D eigenvalue weighted by atomic mass is 16.5. The predicted octanol–water partition coefficient (Wildman–Crippen LogP) is 10.5. The minimum absolute atomic E-state index is 0.0371. The maximum Gasteiger partial charge on any atom is 0.142 e. The summed E-state index contributed by atoms with van der Waals surface area (Å²) in [5.41, 5.74) is 10.2. The molecule has 5 unspecified atom stereocenters. The minimum atomic E-state index is -0.0371. The van der Waals surface area contributed by atoms with Crippen LogP contribution >= 0.6 is 0 Å². The van der Waals surface area contributed by atoms with Crippen molar-refractivity contribution < 1.29 is 13.6 Å². The Bertz CT molecular complexity index is 2510. The van der Waals surface area contributed by atoms with Crippen molar-refractivity contribution in [3.8, 4) is 16.9 Å². The fraction of sp³-hybridized carbons (Fsp3) is 0.261. The lowest BCUT2D eigenvalue weighted by Gasteiger charge is -2.49. The Morgan fingerprint density at radius 2 is 1.54 bits per heavy atom. The van der Waals surface area contributed by atoms with E-state index in [1.807, 2.05) is 12.1 Å². The third-order valence-electron chi connectivity index (χ3n) is 12.3. The Morgan fingerprint density at radius 3 is 2.48 bits per heavy atom. The van der Waals surface area contributed by atoms with Gasteiger partial charge in [0.25, 0.3) is 0 Å². The second-order valence-corrected chi connectivity index (χ2v) is 15.2. The standard InChI is InChI=1S/C46H41N3O3/c1-49-45(27-11-3-2-4-12-27)47-44(28-22-24-40-37(25-28)31-14-6-7-19-38(31)50-40)48-46(49)29-21-23-32-34-16-10-18-36(43(34)52-41(32)26-29)35-17-9-15-33-30-13-5-8-20-39(30)51-42(33)35/h2-7,9-19,22,24-25,29,32,41,44-48H,8,20-21,23,26H2,1H3/t29?,32?,41-,44?,45?,46?/m1/s1. The first kappa shape index (κ1) is 30.5. The zero-order chi connectivity index (χ0) is 34.3. The molecule has 7 aromatic rings. The van der Waals surface area contributed by atoms with E-state index in [0.29, 0.717) is 11.8 Å². The summed E-state index contributed by atoms with van der Waals surface area (Å²) in [6.45, 7) is 0. The molecule has 6 atom stereocenters. The number of fused-ring (bicyclic) bond motifs is 9. The van der Waals surface area contributed by atoms with Crippen LogP contribution in [0.4, 0.5) is 0 Å². The van der Waals surface area contributed by atoms with Crippen LogP contribution < -0.4 is 15.4 Å². The molecular formula is C46H41N3O3. The van der Waals surface area contributed by atoms with E-state index in [2.05, 4.69) is 132 Å². The Morgan fingerprint density at radius 1 is 0.712 bits per heavy atom. The highest BCUT2D eigenvalue weighted by molar-refractivity contribution is 6.05. The normalized spacial score (nSPS) is 25.6. The first-order valence-corrected chi connectivity index (χ1v) is 18.9. The number of ether oxygens (including phenoxy) is 1. The number of para-hydroxylation sites is 3. The lowest BCUT2D eigenvalue weighted by atomic mass is 9.75. The third kappa shape index (κ3) is 4.74. The van der Waals surface area contributed by atoms with Crippen LogP contribution in [-0.4, -0.2) is 24.2 Å². The summed E-state index contributed by atoms with van der Waals surface area (Å²) in [4.78, 5) is 2.50. The first-order chi connectivity index (χ1) is 25.7. The Kier molecular flexibility index (Phi) is 7.01. The van der Waals surface area contributed by atoms with E-state index in [-0.39, 0.29) is 24.6 Å². The second kappa shape index (κ2) is 12.0. The molecule has 4 heterocycles. The van der Waals surface area contributed by atoms with Gasteiger partial charge in [0.05, 0.1) is 18.5 Å². The van der Waals surface area contributed by atoms with Crippen LogP contribution in [0.5, 0.6) is 5.75 Å². The van der Waals surface area contributed by atoms with Gasteiger partial charge >= 0.3 is 0 Å². The molecule has 2 fully saturated rings. The predicted molar refractivity (Wildman–Crippen MR) is 207 cm³/mol. The van der Waals surface area contributed by atoms with Gasteiger partial charge in [-0.3, -0.25) is 15.5 Å². The highest BCUT2D eigenvalue weighted by Gasteiger charge is 2.46. The quantitative estimate of drug-likeness (QED) is 0.193. The molecule has 1 saturated heterocycles. The third-order valence-corrected chi connectivity index (χ3v) is 12.3. The first-order valence-electron chi connectivity index (χ1n) is 18.9. The highest BCUT2D eigenvalue weighted by Crippen LogP contribution is 2.53. The van der Waals surface area contributed by atoms with E-state index >= 15 is 0 Å². The molecular weight excluding hydrogens is 643 g/mol. The van der Waals surface area contributed by atoms with Crippen LogP contribution in [0.2, 0.25) is 0 Å². The van der Waals surface area contributed by atoms with Gasteiger partial charge in [-0.25, -0.2) is 0 Å². The number of nitrogens with zero attached hydrogens (tertiary/aromatic N) is 1. The molecule has 2 aliphatic carbocycles. The van der Waals surface area contributed by atoms with Gasteiger partial charge in [-0.2, -0.15) is 0 Å². The Labute approximate surface area is 303 Å². The number of benzene rings is 5.